The number of fused-ring (bicyclic) bond motifs is 2. The lowest BCUT2D eigenvalue weighted by Gasteiger charge is -2.77. The molecule has 0 aromatic rings. The summed E-state index contributed by atoms with van der Waals surface area (Å²) in [6.07, 6.45) is 3.95. The van der Waals surface area contributed by atoms with Crippen molar-refractivity contribution in [3.05, 3.63) is 23.5 Å². The molecule has 0 amide bonds. The van der Waals surface area contributed by atoms with E-state index < -0.39 is 34.6 Å². The number of Topliss-reactive ketones (excluding diaryl/α,β-unsaturated/α-hetero) is 1. The molecule has 7 nitrogen and oxygen atoms in total. The Morgan fingerprint density at radius 2 is 1.92 bits per heavy atom. The molecule has 5 aliphatic heterocycles. The van der Waals surface area contributed by atoms with Gasteiger partial charge in [0.1, 0.15) is 17.3 Å². The Balaban J connectivity index is 1.40. The van der Waals surface area contributed by atoms with Crippen molar-refractivity contribution >= 4 is 5.78 Å². The highest BCUT2D eigenvalue weighted by Gasteiger charge is 2.90. The van der Waals surface area contributed by atoms with Crippen LogP contribution in [-0.2, 0) is 28.5 Å². The van der Waals surface area contributed by atoms with Crippen LogP contribution in [0, 0.1) is 39.9 Å². The first-order chi connectivity index (χ1) is 17.0. The molecule has 4 bridgehead atoms. The van der Waals surface area contributed by atoms with E-state index in [0.29, 0.717) is 24.7 Å². The van der Waals surface area contributed by atoms with Gasteiger partial charge in [0.25, 0.3) is 0 Å². The number of carbonyl (C=O) groups excluding carboxylic acids is 1. The van der Waals surface area contributed by atoms with Crippen LogP contribution in [0.15, 0.2) is 23.5 Å². The number of aliphatic hydroxyl groups is 1. The van der Waals surface area contributed by atoms with Crippen molar-refractivity contribution in [3.63, 3.8) is 0 Å². The second kappa shape index (κ2) is 6.48. The van der Waals surface area contributed by atoms with Gasteiger partial charge in [-0.3, -0.25) is 4.79 Å². The smallest absolute Gasteiger partial charge is 0.213 e. The van der Waals surface area contributed by atoms with Gasteiger partial charge in [0.2, 0.25) is 12.1 Å². The zero-order valence-corrected chi connectivity index (χ0v) is 21.8. The Kier molecular flexibility index (Phi) is 4.09. The zero-order valence-electron chi connectivity index (χ0n) is 21.8. The van der Waals surface area contributed by atoms with Gasteiger partial charge < -0.3 is 28.8 Å². The topological polar surface area (TPSA) is 83.5 Å². The Morgan fingerprint density at radius 1 is 1.11 bits per heavy atom. The van der Waals surface area contributed by atoms with Gasteiger partial charge in [0.05, 0.1) is 24.7 Å². The maximum Gasteiger partial charge on any atom is 0.213 e. The molecule has 0 radical (unpaired) electrons. The van der Waals surface area contributed by atoms with Crippen LogP contribution in [0.4, 0.5) is 0 Å². The minimum atomic E-state index is -1.46. The molecule has 9 aliphatic rings. The second-order valence-electron chi connectivity index (χ2n) is 14.0. The van der Waals surface area contributed by atoms with Gasteiger partial charge in [0, 0.05) is 17.8 Å². The summed E-state index contributed by atoms with van der Waals surface area (Å²) in [5.74, 6) is -1.58. The van der Waals surface area contributed by atoms with E-state index in [2.05, 4.69) is 20.4 Å². The summed E-state index contributed by atoms with van der Waals surface area (Å²) in [4.78, 5) is 14.4. The fraction of sp³-hybridized carbons (Fsp3) is 0.828. The van der Waals surface area contributed by atoms with Crippen molar-refractivity contribution in [2.45, 2.75) is 96.3 Å². The fourth-order valence-corrected chi connectivity index (χ4v) is 10.7. The number of hydrogen-bond donors (Lipinski definition) is 1. The number of allylic oxidation sites excluding steroid dienone is 1. The van der Waals surface area contributed by atoms with E-state index in [9.17, 15) is 9.90 Å². The number of ether oxygens (including phenoxy) is 5. The summed E-state index contributed by atoms with van der Waals surface area (Å²) >= 11 is 0. The molecule has 3 saturated carbocycles. The van der Waals surface area contributed by atoms with Gasteiger partial charge in [-0.15, -0.1) is 0 Å². The van der Waals surface area contributed by atoms with Crippen LogP contribution in [0.3, 0.4) is 0 Å². The number of carbonyl (C=O) groups is 1. The van der Waals surface area contributed by atoms with Crippen molar-refractivity contribution in [2.75, 3.05) is 13.2 Å². The lowest BCUT2D eigenvalue weighted by Crippen LogP contribution is -2.87. The van der Waals surface area contributed by atoms with Crippen LogP contribution in [0.1, 0.15) is 66.2 Å². The molecule has 7 fully saturated rings. The highest BCUT2D eigenvalue weighted by Crippen LogP contribution is 2.80. The van der Waals surface area contributed by atoms with Crippen LogP contribution >= 0.6 is 0 Å². The summed E-state index contributed by atoms with van der Waals surface area (Å²) in [5, 5.41) is 12.4. The van der Waals surface area contributed by atoms with Crippen LogP contribution in [0.25, 0.3) is 0 Å². The molecule has 196 valence electrons. The van der Waals surface area contributed by atoms with Crippen LogP contribution in [0.2, 0.25) is 0 Å². The zero-order chi connectivity index (χ0) is 25.0. The SMILES string of the molecule is C=C1C(=O)[C@@]23[C@@H]4OC(C)(C)OC25OC[C@]2(C6=C(C[C@@H]7CCCO[C@@H]7O6)CC(C)(C)[C@H]2[C@@H]5O)[C@@H]3CC[C@@H]14. The van der Waals surface area contributed by atoms with E-state index in [1.54, 1.807) is 0 Å². The van der Waals surface area contributed by atoms with Gasteiger partial charge in [-0.1, -0.05) is 20.4 Å². The summed E-state index contributed by atoms with van der Waals surface area (Å²) in [6, 6.07) is 0. The van der Waals surface area contributed by atoms with Crippen LogP contribution in [0.5, 0.6) is 0 Å². The molecule has 1 unspecified atom stereocenters. The molecule has 0 aromatic heterocycles. The van der Waals surface area contributed by atoms with E-state index in [1.807, 2.05) is 13.8 Å². The first-order valence-electron chi connectivity index (χ1n) is 13.9. The van der Waals surface area contributed by atoms with Crippen molar-refractivity contribution in [1.29, 1.82) is 0 Å². The first-order valence-corrected chi connectivity index (χ1v) is 13.9. The predicted octanol–water partition coefficient (Wildman–Crippen LogP) is 3.85. The van der Waals surface area contributed by atoms with E-state index in [-0.39, 0.29) is 35.2 Å². The van der Waals surface area contributed by atoms with E-state index >= 15 is 0 Å². The summed E-state index contributed by atoms with van der Waals surface area (Å²) in [6.45, 7) is 13.6. The number of hydrogen-bond acceptors (Lipinski definition) is 7. The molecular formula is C29H38O7. The lowest BCUT2D eigenvalue weighted by molar-refractivity contribution is -0.527. The standard InChI is InChI=1S/C29H38O7/c1-14-17-8-9-18-27-13-33-29(28(18,20(14)30)23(17)35-26(4,5)36-29)21(31)19(27)25(2,3)12-16-11-15-7-6-10-32-24(15)34-22(16)27/h15,17-19,21,23-24,31H,1,6-13H2,2-5H3/t15-,17-,18-,19+,21-,23+,24+,27-,28-,29?/m0/s1. The largest absolute Gasteiger partial charge is 0.468 e. The van der Waals surface area contributed by atoms with Gasteiger partial charge in [-0.25, -0.2) is 0 Å². The maximum absolute atomic E-state index is 14.4. The monoisotopic (exact) mass is 498 g/mol. The second-order valence-corrected chi connectivity index (χ2v) is 14.0. The van der Waals surface area contributed by atoms with E-state index in [0.717, 1.165) is 44.3 Å². The minimum Gasteiger partial charge on any atom is -0.468 e. The first kappa shape index (κ1) is 22.7. The third-order valence-electron chi connectivity index (χ3n) is 11.4. The van der Waals surface area contributed by atoms with Gasteiger partial charge >= 0.3 is 0 Å². The fourth-order valence-electron chi connectivity index (χ4n) is 10.7. The molecular weight excluding hydrogens is 460 g/mol. The number of aliphatic hydroxyl groups excluding tert-OH is 1. The predicted molar refractivity (Wildman–Crippen MR) is 127 cm³/mol. The normalized spacial score (nSPS) is 55.3. The molecule has 7 heteroatoms. The Morgan fingerprint density at radius 3 is 2.72 bits per heavy atom. The molecule has 1 N–H and O–H groups in total. The lowest BCUT2D eigenvalue weighted by atomic mass is 9.36. The molecule has 5 heterocycles. The van der Waals surface area contributed by atoms with Gasteiger partial charge in [-0.05, 0) is 74.9 Å². The molecule has 10 atom stereocenters. The van der Waals surface area contributed by atoms with E-state index in [4.69, 9.17) is 23.7 Å². The van der Waals surface area contributed by atoms with Crippen molar-refractivity contribution in [3.8, 4) is 0 Å². The van der Waals surface area contributed by atoms with E-state index in [1.165, 1.54) is 5.57 Å². The highest BCUT2D eigenvalue weighted by molar-refractivity contribution is 6.05. The number of ketones is 1. The number of rotatable bonds is 0. The average molecular weight is 499 g/mol. The highest BCUT2D eigenvalue weighted by atomic mass is 16.8. The minimum absolute atomic E-state index is 0.0415. The molecule has 36 heavy (non-hydrogen) atoms. The Bertz CT molecular complexity index is 1120. The van der Waals surface area contributed by atoms with Gasteiger partial charge in [-0.2, -0.15) is 0 Å². The average Bonchev–Trinajstić information content (AvgIpc) is 2.93. The quantitative estimate of drug-likeness (QED) is 0.508. The molecule has 0 aromatic carbocycles. The molecule has 4 saturated heterocycles. The summed E-state index contributed by atoms with van der Waals surface area (Å²) < 4.78 is 33.0. The third-order valence-corrected chi connectivity index (χ3v) is 11.4. The van der Waals surface area contributed by atoms with Crippen molar-refractivity contribution in [2.24, 2.45) is 39.9 Å². The Hall–Kier alpha value is -1.25. The summed E-state index contributed by atoms with van der Waals surface area (Å²) in [5.41, 5.74) is -0.0639. The maximum atomic E-state index is 14.4. The van der Waals surface area contributed by atoms with Crippen molar-refractivity contribution in [1.82, 2.24) is 0 Å². The molecule has 3 spiro atoms. The van der Waals surface area contributed by atoms with Crippen LogP contribution in [-0.4, -0.2) is 54.2 Å². The molecule has 4 aliphatic carbocycles. The van der Waals surface area contributed by atoms with Crippen molar-refractivity contribution < 1.29 is 33.6 Å². The third kappa shape index (κ3) is 2.19. The van der Waals surface area contributed by atoms with Crippen LogP contribution < -0.4 is 0 Å². The Labute approximate surface area is 212 Å². The summed E-state index contributed by atoms with van der Waals surface area (Å²) in [7, 11) is 0. The van der Waals surface area contributed by atoms with Gasteiger partial charge in [0.15, 0.2) is 11.6 Å². The molecule has 9 rings (SSSR count).